The van der Waals surface area contributed by atoms with Crippen molar-refractivity contribution in [3.63, 3.8) is 0 Å². The Hall–Kier alpha value is -1.04. The number of halogens is 2. The molecule has 1 heterocycles. The molecule has 0 fully saturated rings. The van der Waals surface area contributed by atoms with Crippen molar-refractivity contribution in [3.8, 4) is 0 Å². The zero-order valence-corrected chi connectivity index (χ0v) is 6.05. The van der Waals surface area contributed by atoms with Crippen LogP contribution in [0.15, 0.2) is 29.4 Å². The molecule has 0 aliphatic carbocycles. The Bertz CT molecular complexity index is 345. The number of aromatic nitrogens is 1. The highest BCUT2D eigenvalue weighted by Gasteiger charge is 2.13. The third-order valence-corrected chi connectivity index (χ3v) is 1.88. The van der Waals surface area contributed by atoms with E-state index in [1.165, 1.54) is 0 Å². The summed E-state index contributed by atoms with van der Waals surface area (Å²) in [7, 11) is -4.70. The van der Waals surface area contributed by atoms with Gasteiger partial charge in [-0.3, -0.25) is 0 Å². The first-order valence-corrected chi connectivity index (χ1v) is 4.00. The third-order valence-electron chi connectivity index (χ3n) is 1.04. The highest BCUT2D eigenvalue weighted by atomic mass is 32.3. The molecule has 3 nitrogen and oxygen atoms in total. The van der Waals surface area contributed by atoms with Crippen molar-refractivity contribution < 1.29 is 21.6 Å². The van der Waals surface area contributed by atoms with Crippen LogP contribution in [0.25, 0.3) is 0 Å². The van der Waals surface area contributed by atoms with Crippen LogP contribution in [0.3, 0.4) is 0 Å². The molecule has 0 unspecified atom stereocenters. The van der Waals surface area contributed by atoms with Gasteiger partial charge in [0.2, 0.25) is 12.4 Å². The molecule has 0 amide bonds. The summed E-state index contributed by atoms with van der Waals surface area (Å²) < 4.78 is 44.5. The van der Waals surface area contributed by atoms with E-state index in [4.69, 9.17) is 0 Å². The lowest BCUT2D eigenvalue weighted by atomic mass is 10.5. The van der Waals surface area contributed by atoms with E-state index in [1.54, 1.807) is 0 Å². The topological polar surface area (TPSA) is 38.0 Å². The molecule has 1 aromatic rings. The fourth-order valence-electron chi connectivity index (χ4n) is 0.557. The monoisotopic (exact) mass is 180 g/mol. The Balaban J connectivity index is 3.20. The maximum absolute atomic E-state index is 12.1. The summed E-state index contributed by atoms with van der Waals surface area (Å²) >= 11 is 0. The molecule has 1 rings (SSSR count). The zero-order valence-electron chi connectivity index (χ0n) is 5.24. The second-order valence-corrected chi connectivity index (χ2v) is 3.16. The molecule has 0 radical (unpaired) electrons. The average molecular weight is 180 g/mol. The maximum atomic E-state index is 12.1. The molecular weight excluding hydrogens is 176 g/mol. The summed E-state index contributed by atoms with van der Waals surface area (Å²) in [4.78, 5) is -0.430. The lowest BCUT2D eigenvalue weighted by Gasteiger charge is -1.87. The van der Waals surface area contributed by atoms with Gasteiger partial charge >= 0.3 is 10.2 Å². The van der Waals surface area contributed by atoms with Gasteiger partial charge in [-0.25, -0.2) is 0 Å². The van der Waals surface area contributed by atoms with Crippen molar-refractivity contribution in [2.45, 2.75) is 4.90 Å². The van der Waals surface area contributed by atoms with Crippen molar-refractivity contribution in [1.29, 1.82) is 0 Å². The Labute approximate surface area is 62.0 Å². The third kappa shape index (κ3) is 1.94. The van der Waals surface area contributed by atoms with Gasteiger partial charge in [0.05, 0.1) is 4.48 Å². The van der Waals surface area contributed by atoms with E-state index in [0.29, 0.717) is 0 Å². The molecule has 0 saturated heterocycles. The Morgan fingerprint density at radius 3 is 2.09 bits per heavy atom. The highest BCUT2D eigenvalue weighted by Crippen LogP contribution is 2.08. The summed E-state index contributed by atoms with van der Waals surface area (Å²) in [6, 6.07) is 1.66. The smallest absolute Gasteiger partial charge is 0.189 e. The van der Waals surface area contributed by atoms with Crippen LogP contribution < -0.4 is 4.79 Å². The first-order chi connectivity index (χ1) is 5.00. The van der Waals surface area contributed by atoms with Gasteiger partial charge in [-0.15, -0.1) is 3.89 Å². The van der Waals surface area contributed by atoms with Crippen LogP contribution in [0.1, 0.15) is 0 Å². The van der Waals surface area contributed by atoms with Crippen LogP contribution in [-0.2, 0) is 10.2 Å². The second-order valence-electron chi connectivity index (χ2n) is 1.82. The van der Waals surface area contributed by atoms with E-state index < -0.39 is 15.1 Å². The molecule has 0 spiro atoms. The van der Waals surface area contributed by atoms with E-state index in [2.05, 4.69) is 0 Å². The Kier molecular flexibility index (Phi) is 1.86. The fourth-order valence-corrected chi connectivity index (χ4v) is 1.00. The number of nitrogens with zero attached hydrogens (tertiary/aromatic N) is 1. The molecule has 0 aliphatic rings. The van der Waals surface area contributed by atoms with E-state index in [-0.39, 0.29) is 4.79 Å². The number of hydrogen-bond acceptors (Lipinski definition) is 2. The van der Waals surface area contributed by atoms with Crippen LogP contribution in [0.4, 0.5) is 8.37 Å². The summed E-state index contributed by atoms with van der Waals surface area (Å²) in [5, 5.41) is 0. The van der Waals surface area contributed by atoms with Gasteiger partial charge in [0, 0.05) is 16.9 Å². The molecule has 6 heteroatoms. The predicted molar refractivity (Wildman–Crippen MR) is 31.4 cm³/mol. The first-order valence-electron chi connectivity index (χ1n) is 2.62. The molecule has 0 aliphatic heterocycles. The standard InChI is InChI=1S/C5H4F2NO2S/c6-8-3-1-5(2-4-8)11(7,9)10/h1-4H/q+1. The minimum absolute atomic E-state index is 0.120. The molecule has 1 aromatic heterocycles. The summed E-state index contributed by atoms with van der Waals surface area (Å²) in [6.45, 7) is 0. The van der Waals surface area contributed by atoms with Crippen LogP contribution >= 0.6 is 0 Å². The molecule has 11 heavy (non-hydrogen) atoms. The summed E-state index contributed by atoms with van der Waals surface area (Å²) in [5.41, 5.74) is 0. The average Bonchev–Trinajstić information content (AvgIpc) is 1.86. The number of hydrogen-bond donors (Lipinski definition) is 0. The minimum atomic E-state index is -4.70. The zero-order chi connectivity index (χ0) is 8.48. The normalized spacial score (nSPS) is 11.5. The SMILES string of the molecule is O=S(=O)(F)c1cc[n+](F)cc1. The largest absolute Gasteiger partial charge is 0.332 e. The van der Waals surface area contributed by atoms with E-state index in [1.807, 2.05) is 0 Å². The van der Waals surface area contributed by atoms with E-state index >= 15 is 0 Å². The molecule has 0 bridgehead atoms. The van der Waals surface area contributed by atoms with E-state index in [9.17, 15) is 16.8 Å². The van der Waals surface area contributed by atoms with Gasteiger partial charge in [0.1, 0.15) is 4.90 Å². The molecule has 0 saturated carbocycles. The van der Waals surface area contributed by atoms with Gasteiger partial charge in [0.25, 0.3) is 0 Å². The number of rotatable bonds is 1. The molecule has 0 N–H and O–H groups in total. The van der Waals surface area contributed by atoms with Gasteiger partial charge in [0.15, 0.2) is 0 Å². The van der Waals surface area contributed by atoms with Gasteiger partial charge in [-0.2, -0.15) is 8.42 Å². The van der Waals surface area contributed by atoms with Crippen LogP contribution in [0.5, 0.6) is 0 Å². The van der Waals surface area contributed by atoms with Crippen LogP contribution in [-0.4, -0.2) is 8.42 Å². The lowest BCUT2D eigenvalue weighted by Crippen LogP contribution is -2.20. The fraction of sp³-hybridized carbons (Fsp3) is 0. The van der Waals surface area contributed by atoms with Crippen molar-refractivity contribution in [2.75, 3.05) is 0 Å². The van der Waals surface area contributed by atoms with Gasteiger partial charge in [-0.1, -0.05) is 0 Å². The second kappa shape index (κ2) is 2.54. The van der Waals surface area contributed by atoms with E-state index in [0.717, 1.165) is 24.5 Å². The summed E-state index contributed by atoms with van der Waals surface area (Å²) in [6.07, 6.45) is 1.60. The Morgan fingerprint density at radius 2 is 1.73 bits per heavy atom. The van der Waals surface area contributed by atoms with Crippen LogP contribution in [0.2, 0.25) is 0 Å². The highest BCUT2D eigenvalue weighted by molar-refractivity contribution is 7.86. The molecule has 60 valence electrons. The van der Waals surface area contributed by atoms with Gasteiger partial charge < -0.3 is 0 Å². The van der Waals surface area contributed by atoms with Crippen molar-refractivity contribution in [3.05, 3.63) is 24.5 Å². The quantitative estimate of drug-likeness (QED) is 0.585. The molecular formula is C5H4F2NO2S+. The van der Waals surface area contributed by atoms with Crippen LogP contribution in [0, 0.1) is 0 Å². The number of pyridine rings is 1. The van der Waals surface area contributed by atoms with Crippen molar-refractivity contribution in [1.82, 2.24) is 0 Å². The first kappa shape index (κ1) is 8.06. The molecule has 0 aromatic carbocycles. The molecule has 0 atom stereocenters. The lowest BCUT2D eigenvalue weighted by molar-refractivity contribution is -0.844. The Morgan fingerprint density at radius 1 is 1.27 bits per heavy atom. The predicted octanol–water partition coefficient (Wildman–Crippen LogP) is 0.365. The van der Waals surface area contributed by atoms with Crippen molar-refractivity contribution in [2.24, 2.45) is 0 Å². The summed E-state index contributed by atoms with van der Waals surface area (Å²) in [5.74, 6) is 0. The maximum Gasteiger partial charge on any atom is 0.332 e. The van der Waals surface area contributed by atoms with Crippen molar-refractivity contribution >= 4 is 10.2 Å². The minimum Gasteiger partial charge on any atom is -0.189 e. The van der Waals surface area contributed by atoms with Gasteiger partial charge in [-0.05, 0) is 0 Å².